The molecule has 118 valence electrons. The molecule has 0 N–H and O–H groups in total. The highest BCUT2D eigenvalue weighted by atomic mass is 35.5. The minimum atomic E-state index is 0.0858. The van der Waals surface area contributed by atoms with Crippen LogP contribution in [0.25, 0.3) is 6.08 Å². The molecule has 0 bridgehead atoms. The minimum Gasteiger partial charge on any atom is -0.285 e. The van der Waals surface area contributed by atoms with Gasteiger partial charge in [0.15, 0.2) is 0 Å². The van der Waals surface area contributed by atoms with E-state index in [0.717, 1.165) is 42.7 Å². The van der Waals surface area contributed by atoms with Gasteiger partial charge in [0.1, 0.15) is 0 Å². The zero-order chi connectivity index (χ0) is 16.0. The van der Waals surface area contributed by atoms with Gasteiger partial charge in [-0.15, -0.1) is 0 Å². The summed E-state index contributed by atoms with van der Waals surface area (Å²) in [6.07, 6.45) is 12.0. The maximum Gasteiger partial charge on any atom is 0.205 e. The molecule has 0 heterocycles. The third-order valence-electron chi connectivity index (χ3n) is 3.36. The second kappa shape index (κ2) is 12.1. The maximum absolute atomic E-state index is 11.5. The third-order valence-corrected chi connectivity index (χ3v) is 3.70. The van der Waals surface area contributed by atoms with Gasteiger partial charge in [0.2, 0.25) is 5.78 Å². The summed E-state index contributed by atoms with van der Waals surface area (Å²) < 4.78 is 0. The van der Waals surface area contributed by atoms with Crippen molar-refractivity contribution in [1.82, 2.24) is 0 Å². The summed E-state index contributed by atoms with van der Waals surface area (Å²) in [5.41, 5.74) is 1.04. The molecular weight excluding hydrogens is 292 g/mol. The molecule has 2 heteroatoms. The molecule has 1 aromatic rings. The molecule has 0 radical (unpaired) electrons. The molecule has 0 spiro atoms. The Balaban J connectivity index is 2.14. The standard InChI is InChI=1S/C20H25ClO/c1-2-3-4-9-15-19(22)16-10-7-5-6-8-13-18-14-11-12-17-20(18)21/h8,11-14,17H,2-7,9,15H2,1H3/b13-8+. The smallest absolute Gasteiger partial charge is 0.205 e. The summed E-state index contributed by atoms with van der Waals surface area (Å²) in [7, 11) is 0. The van der Waals surface area contributed by atoms with E-state index in [9.17, 15) is 4.79 Å². The summed E-state index contributed by atoms with van der Waals surface area (Å²) in [5.74, 6) is 5.81. The molecule has 1 nitrogen and oxygen atoms in total. The Morgan fingerprint density at radius 3 is 2.77 bits per heavy atom. The molecule has 1 aromatic carbocycles. The van der Waals surface area contributed by atoms with Crippen LogP contribution in [0.15, 0.2) is 30.3 Å². The van der Waals surface area contributed by atoms with Crippen LogP contribution in [0.3, 0.4) is 0 Å². The Bertz CT molecular complexity index is 534. The van der Waals surface area contributed by atoms with E-state index in [-0.39, 0.29) is 5.78 Å². The number of carbonyl (C=O) groups excluding carboxylic acids is 1. The van der Waals surface area contributed by atoms with E-state index >= 15 is 0 Å². The van der Waals surface area contributed by atoms with E-state index in [4.69, 9.17) is 11.6 Å². The minimum absolute atomic E-state index is 0.0858. The Morgan fingerprint density at radius 1 is 1.18 bits per heavy atom. The van der Waals surface area contributed by atoms with Crippen molar-refractivity contribution in [2.75, 3.05) is 0 Å². The van der Waals surface area contributed by atoms with Gasteiger partial charge in [-0.1, -0.05) is 74.1 Å². The van der Waals surface area contributed by atoms with Crippen LogP contribution in [0.5, 0.6) is 0 Å². The summed E-state index contributed by atoms with van der Waals surface area (Å²) in [6.45, 7) is 2.17. The Hall–Kier alpha value is -1.52. The molecule has 0 unspecified atom stereocenters. The van der Waals surface area contributed by atoms with E-state index < -0.39 is 0 Å². The van der Waals surface area contributed by atoms with Crippen molar-refractivity contribution in [2.45, 2.75) is 58.3 Å². The largest absolute Gasteiger partial charge is 0.285 e. The van der Waals surface area contributed by atoms with Crippen LogP contribution in [0.2, 0.25) is 5.02 Å². The second-order valence-electron chi connectivity index (χ2n) is 5.35. The zero-order valence-electron chi connectivity index (χ0n) is 13.4. The first-order valence-corrected chi connectivity index (χ1v) is 8.54. The number of ketones is 1. The predicted molar refractivity (Wildman–Crippen MR) is 95.9 cm³/mol. The number of halogens is 1. The Morgan fingerprint density at radius 2 is 2.00 bits per heavy atom. The van der Waals surface area contributed by atoms with Gasteiger partial charge < -0.3 is 0 Å². The van der Waals surface area contributed by atoms with E-state index in [1.54, 1.807) is 0 Å². The van der Waals surface area contributed by atoms with E-state index in [0.29, 0.717) is 6.42 Å². The fourth-order valence-corrected chi connectivity index (χ4v) is 2.26. The SMILES string of the molecule is CCCCCCC(=O)C#CCCC/C=C/c1ccccc1Cl. The summed E-state index contributed by atoms with van der Waals surface area (Å²) in [5, 5.41) is 0.771. The van der Waals surface area contributed by atoms with E-state index in [1.807, 2.05) is 30.3 Å². The first-order valence-electron chi connectivity index (χ1n) is 8.16. The molecule has 0 aliphatic rings. The van der Waals surface area contributed by atoms with Crippen molar-refractivity contribution in [3.63, 3.8) is 0 Å². The number of Topliss-reactive ketones (excluding diaryl/α,β-unsaturated/α-hetero) is 1. The summed E-state index contributed by atoms with van der Waals surface area (Å²) in [6, 6.07) is 7.78. The lowest BCUT2D eigenvalue weighted by Crippen LogP contribution is -1.92. The molecule has 0 amide bonds. The van der Waals surface area contributed by atoms with Gasteiger partial charge >= 0.3 is 0 Å². The van der Waals surface area contributed by atoms with Crippen LogP contribution in [0.4, 0.5) is 0 Å². The quantitative estimate of drug-likeness (QED) is 0.307. The van der Waals surface area contributed by atoms with Gasteiger partial charge in [0.05, 0.1) is 0 Å². The van der Waals surface area contributed by atoms with Gasteiger partial charge in [-0.05, 0) is 36.8 Å². The molecule has 0 fully saturated rings. The van der Waals surface area contributed by atoms with Gasteiger partial charge in [0, 0.05) is 17.9 Å². The number of rotatable bonds is 9. The molecule has 0 aromatic heterocycles. The van der Waals surface area contributed by atoms with Crippen molar-refractivity contribution < 1.29 is 4.79 Å². The molecule has 22 heavy (non-hydrogen) atoms. The predicted octanol–water partition coefficient (Wildman–Crippen LogP) is 6.07. The summed E-state index contributed by atoms with van der Waals surface area (Å²) in [4.78, 5) is 11.5. The van der Waals surface area contributed by atoms with E-state index in [2.05, 4.69) is 24.8 Å². The van der Waals surface area contributed by atoms with Gasteiger partial charge in [-0.25, -0.2) is 0 Å². The van der Waals surface area contributed by atoms with Crippen molar-refractivity contribution in [3.05, 3.63) is 40.9 Å². The third kappa shape index (κ3) is 8.70. The van der Waals surface area contributed by atoms with Crippen molar-refractivity contribution in [3.8, 4) is 11.8 Å². The van der Waals surface area contributed by atoms with Crippen LogP contribution >= 0.6 is 11.6 Å². The van der Waals surface area contributed by atoms with Crippen LogP contribution in [0, 0.1) is 11.8 Å². The lowest BCUT2D eigenvalue weighted by molar-refractivity contribution is -0.113. The van der Waals surface area contributed by atoms with E-state index in [1.165, 1.54) is 12.8 Å². The second-order valence-corrected chi connectivity index (χ2v) is 5.76. The fraction of sp³-hybridized carbons (Fsp3) is 0.450. The fourth-order valence-electron chi connectivity index (χ4n) is 2.06. The highest BCUT2D eigenvalue weighted by Gasteiger charge is 1.96. The zero-order valence-corrected chi connectivity index (χ0v) is 14.2. The van der Waals surface area contributed by atoms with Gasteiger partial charge in [0.25, 0.3) is 0 Å². The van der Waals surface area contributed by atoms with Crippen LogP contribution in [-0.4, -0.2) is 5.78 Å². The maximum atomic E-state index is 11.5. The average Bonchev–Trinajstić information content (AvgIpc) is 2.52. The highest BCUT2D eigenvalue weighted by molar-refractivity contribution is 6.32. The highest BCUT2D eigenvalue weighted by Crippen LogP contribution is 2.16. The number of unbranched alkanes of at least 4 members (excludes halogenated alkanes) is 5. The van der Waals surface area contributed by atoms with Crippen LogP contribution in [-0.2, 0) is 4.79 Å². The Kier molecular flexibility index (Phi) is 10.2. The van der Waals surface area contributed by atoms with Crippen LogP contribution in [0.1, 0.15) is 63.9 Å². The van der Waals surface area contributed by atoms with Crippen molar-refractivity contribution in [2.24, 2.45) is 0 Å². The normalized spacial score (nSPS) is 10.5. The first kappa shape index (κ1) is 18.5. The monoisotopic (exact) mass is 316 g/mol. The average molecular weight is 317 g/mol. The van der Waals surface area contributed by atoms with Crippen molar-refractivity contribution in [1.29, 1.82) is 0 Å². The Labute approximate surface area is 139 Å². The molecular formula is C20H25ClO. The topological polar surface area (TPSA) is 17.1 Å². The number of benzene rings is 1. The lowest BCUT2D eigenvalue weighted by Gasteiger charge is -1.96. The molecule has 0 atom stereocenters. The number of allylic oxidation sites excluding steroid dienone is 1. The number of hydrogen-bond donors (Lipinski definition) is 0. The molecule has 0 aliphatic heterocycles. The van der Waals surface area contributed by atoms with Gasteiger partial charge in [-0.3, -0.25) is 4.79 Å². The molecule has 1 rings (SSSR count). The van der Waals surface area contributed by atoms with Crippen LogP contribution < -0.4 is 0 Å². The molecule has 0 saturated heterocycles. The van der Waals surface area contributed by atoms with Gasteiger partial charge in [-0.2, -0.15) is 0 Å². The first-order chi connectivity index (χ1) is 10.7. The number of hydrogen-bond acceptors (Lipinski definition) is 1. The molecule has 0 saturated carbocycles. The van der Waals surface area contributed by atoms with Crippen molar-refractivity contribution >= 4 is 23.5 Å². The number of carbonyl (C=O) groups is 1. The molecule has 0 aliphatic carbocycles. The summed E-state index contributed by atoms with van der Waals surface area (Å²) >= 11 is 6.07. The lowest BCUT2D eigenvalue weighted by atomic mass is 10.1.